The maximum atomic E-state index is 14.3. The molecule has 0 radical (unpaired) electrons. The lowest BCUT2D eigenvalue weighted by molar-refractivity contribution is -0.143. The summed E-state index contributed by atoms with van der Waals surface area (Å²) >= 11 is 6.43. The predicted molar refractivity (Wildman–Crippen MR) is 162 cm³/mol. The van der Waals surface area contributed by atoms with Crippen LogP contribution in [0.4, 0.5) is 10.5 Å². The molecule has 0 spiro atoms. The molecule has 4 N–H and O–H groups in total. The van der Waals surface area contributed by atoms with Crippen molar-refractivity contribution in [1.29, 1.82) is 0 Å². The first-order valence-electron chi connectivity index (χ1n) is 13.8. The Morgan fingerprint density at radius 2 is 1.68 bits per heavy atom. The molecule has 2 aromatic rings. The fourth-order valence-electron chi connectivity index (χ4n) is 4.32. The van der Waals surface area contributed by atoms with Crippen LogP contribution >= 0.6 is 11.6 Å². The lowest BCUT2D eigenvalue weighted by atomic mass is 9.96. The van der Waals surface area contributed by atoms with E-state index in [-0.39, 0.29) is 12.8 Å². The molecule has 0 aliphatic rings. The standard InChI is InChI=1S/C31H43ClN4O5/c1-9-21(5)36(29(39)24(15-16-25(33)37)34-30(40)41-31(6,7)8)27(22-14-13-18(2)20(4)17-22)28(38)35-26-19(3)11-10-12-23(26)32/h10-14,17,21,24,27H,9,15-16H2,1-8H3,(H2,33,37)(H,34,40)(H,35,38). The van der Waals surface area contributed by atoms with Crippen molar-refractivity contribution >= 4 is 41.1 Å². The number of para-hydroxylation sites is 1. The Morgan fingerprint density at radius 3 is 2.22 bits per heavy atom. The number of hydrogen-bond donors (Lipinski definition) is 3. The molecule has 41 heavy (non-hydrogen) atoms. The van der Waals surface area contributed by atoms with Gasteiger partial charge in [0.1, 0.15) is 17.7 Å². The molecule has 9 nitrogen and oxygen atoms in total. The first kappa shape index (κ1) is 33.6. The Bertz CT molecular complexity index is 1250. The number of benzene rings is 2. The van der Waals surface area contributed by atoms with Gasteiger partial charge in [-0.3, -0.25) is 14.4 Å². The molecule has 0 heterocycles. The average Bonchev–Trinajstić information content (AvgIpc) is 2.87. The molecular weight excluding hydrogens is 544 g/mol. The average molecular weight is 587 g/mol. The van der Waals surface area contributed by atoms with Gasteiger partial charge < -0.3 is 26.0 Å². The summed E-state index contributed by atoms with van der Waals surface area (Å²) in [5, 5.41) is 5.91. The highest BCUT2D eigenvalue weighted by atomic mass is 35.5. The minimum Gasteiger partial charge on any atom is -0.444 e. The van der Waals surface area contributed by atoms with Crippen molar-refractivity contribution in [3.63, 3.8) is 0 Å². The molecule has 0 aliphatic heterocycles. The Morgan fingerprint density at radius 1 is 1.02 bits per heavy atom. The van der Waals surface area contributed by atoms with Crippen LogP contribution in [-0.2, 0) is 19.1 Å². The van der Waals surface area contributed by atoms with E-state index in [9.17, 15) is 19.2 Å². The summed E-state index contributed by atoms with van der Waals surface area (Å²) in [5.74, 6) is -1.63. The summed E-state index contributed by atoms with van der Waals surface area (Å²) in [5.41, 5.74) is 8.36. The lowest BCUT2D eigenvalue weighted by Gasteiger charge is -2.38. The van der Waals surface area contributed by atoms with Crippen molar-refractivity contribution in [3.05, 3.63) is 63.7 Å². The van der Waals surface area contributed by atoms with Gasteiger partial charge in [0.05, 0.1) is 10.7 Å². The topological polar surface area (TPSA) is 131 Å². The third-order valence-electron chi connectivity index (χ3n) is 6.83. The fraction of sp³-hybridized carbons (Fsp3) is 0.484. The van der Waals surface area contributed by atoms with Crippen molar-refractivity contribution in [2.75, 3.05) is 5.32 Å². The predicted octanol–water partition coefficient (Wildman–Crippen LogP) is 5.73. The largest absolute Gasteiger partial charge is 0.444 e. The van der Waals surface area contributed by atoms with Gasteiger partial charge in [0.25, 0.3) is 5.91 Å². The van der Waals surface area contributed by atoms with Crippen molar-refractivity contribution in [1.82, 2.24) is 10.2 Å². The van der Waals surface area contributed by atoms with Gasteiger partial charge >= 0.3 is 6.09 Å². The van der Waals surface area contributed by atoms with Gasteiger partial charge in [0.15, 0.2) is 0 Å². The monoisotopic (exact) mass is 586 g/mol. The van der Waals surface area contributed by atoms with Gasteiger partial charge in [-0.1, -0.05) is 48.9 Å². The quantitative estimate of drug-likeness (QED) is 0.309. The third kappa shape index (κ3) is 9.49. The van der Waals surface area contributed by atoms with Crippen molar-refractivity contribution in [2.24, 2.45) is 5.73 Å². The highest BCUT2D eigenvalue weighted by Gasteiger charge is 2.39. The number of nitrogens with one attached hydrogen (secondary N) is 2. The second-order valence-corrected chi connectivity index (χ2v) is 11.8. The van der Waals surface area contributed by atoms with E-state index in [2.05, 4.69) is 10.6 Å². The normalized spacial score (nSPS) is 13.5. The highest BCUT2D eigenvalue weighted by Crippen LogP contribution is 2.32. The molecule has 0 saturated heterocycles. The SMILES string of the molecule is CCC(C)N(C(=O)C(CCC(N)=O)NC(=O)OC(C)(C)C)C(C(=O)Nc1c(C)cccc1Cl)c1ccc(C)c(C)c1. The zero-order chi connectivity index (χ0) is 31.1. The van der Waals surface area contributed by atoms with Gasteiger partial charge in [-0.05, 0) is 89.6 Å². The molecule has 2 rings (SSSR count). The van der Waals surface area contributed by atoms with E-state index in [4.69, 9.17) is 22.1 Å². The fourth-order valence-corrected chi connectivity index (χ4v) is 4.59. The minimum atomic E-state index is -1.17. The number of amides is 4. The highest BCUT2D eigenvalue weighted by molar-refractivity contribution is 6.34. The van der Waals surface area contributed by atoms with E-state index in [1.54, 1.807) is 32.9 Å². The van der Waals surface area contributed by atoms with Gasteiger partial charge in [0, 0.05) is 12.5 Å². The second kappa shape index (κ2) is 14.3. The number of hydrogen-bond acceptors (Lipinski definition) is 5. The molecule has 10 heteroatoms. The summed E-state index contributed by atoms with van der Waals surface area (Å²) in [6, 6.07) is 8.20. The number of carbonyl (C=O) groups excluding carboxylic acids is 4. The summed E-state index contributed by atoms with van der Waals surface area (Å²) in [6.45, 7) is 14.6. The number of anilines is 1. The zero-order valence-electron chi connectivity index (χ0n) is 25.3. The van der Waals surface area contributed by atoms with Crippen LogP contribution in [0, 0.1) is 20.8 Å². The number of carbonyl (C=O) groups is 4. The Hall–Kier alpha value is -3.59. The van der Waals surface area contributed by atoms with Crippen LogP contribution < -0.4 is 16.4 Å². The molecule has 3 atom stereocenters. The first-order chi connectivity index (χ1) is 19.0. The molecule has 0 fully saturated rings. The van der Waals surface area contributed by atoms with E-state index >= 15 is 0 Å². The van der Waals surface area contributed by atoms with Gasteiger partial charge in [-0.2, -0.15) is 0 Å². The van der Waals surface area contributed by atoms with Crippen molar-refractivity contribution in [3.8, 4) is 0 Å². The van der Waals surface area contributed by atoms with E-state index in [0.29, 0.717) is 22.7 Å². The Balaban J connectivity index is 2.65. The van der Waals surface area contributed by atoms with Crippen LogP contribution in [0.1, 0.15) is 82.2 Å². The number of nitrogens with zero attached hydrogens (tertiary/aromatic N) is 1. The third-order valence-corrected chi connectivity index (χ3v) is 7.15. The molecule has 2 aromatic carbocycles. The maximum absolute atomic E-state index is 14.3. The molecule has 4 amide bonds. The Kier molecular flexibility index (Phi) is 11.8. The van der Waals surface area contributed by atoms with Crippen LogP contribution in [-0.4, -0.2) is 46.4 Å². The Labute approximate surface area is 248 Å². The molecule has 0 aliphatic carbocycles. The number of ether oxygens (including phenoxy) is 1. The maximum Gasteiger partial charge on any atom is 0.408 e. The lowest BCUT2D eigenvalue weighted by Crippen LogP contribution is -2.55. The van der Waals surface area contributed by atoms with Gasteiger partial charge in [0.2, 0.25) is 11.8 Å². The molecule has 0 bridgehead atoms. The number of nitrogens with two attached hydrogens (primary N) is 1. The summed E-state index contributed by atoms with van der Waals surface area (Å²) in [4.78, 5) is 54.3. The summed E-state index contributed by atoms with van der Waals surface area (Å²) in [7, 11) is 0. The number of aryl methyl sites for hydroxylation is 3. The zero-order valence-corrected chi connectivity index (χ0v) is 26.0. The van der Waals surface area contributed by atoms with E-state index in [1.807, 2.05) is 58.9 Å². The number of rotatable bonds is 11. The van der Waals surface area contributed by atoms with Crippen LogP contribution in [0.25, 0.3) is 0 Å². The van der Waals surface area contributed by atoms with Crippen LogP contribution in [0.15, 0.2) is 36.4 Å². The van der Waals surface area contributed by atoms with Crippen molar-refractivity contribution < 1.29 is 23.9 Å². The van der Waals surface area contributed by atoms with E-state index < -0.39 is 47.5 Å². The van der Waals surface area contributed by atoms with E-state index in [1.165, 1.54) is 4.90 Å². The molecule has 0 aromatic heterocycles. The molecular formula is C31H43ClN4O5. The first-order valence-corrected chi connectivity index (χ1v) is 14.2. The van der Waals surface area contributed by atoms with Crippen LogP contribution in [0.5, 0.6) is 0 Å². The molecule has 0 saturated carbocycles. The van der Waals surface area contributed by atoms with E-state index in [0.717, 1.165) is 16.7 Å². The number of halogens is 1. The molecule has 3 unspecified atom stereocenters. The minimum absolute atomic E-state index is 0.0643. The number of primary amides is 1. The smallest absolute Gasteiger partial charge is 0.408 e. The van der Waals surface area contributed by atoms with Crippen molar-refractivity contribution in [2.45, 2.75) is 98.4 Å². The van der Waals surface area contributed by atoms with Crippen LogP contribution in [0.3, 0.4) is 0 Å². The summed E-state index contributed by atoms with van der Waals surface area (Å²) in [6.07, 6.45) is -0.519. The van der Waals surface area contributed by atoms with Crippen LogP contribution in [0.2, 0.25) is 5.02 Å². The summed E-state index contributed by atoms with van der Waals surface area (Å²) < 4.78 is 5.39. The molecule has 224 valence electrons. The van der Waals surface area contributed by atoms with Gasteiger partial charge in [-0.15, -0.1) is 0 Å². The number of alkyl carbamates (subject to hydrolysis) is 1. The van der Waals surface area contributed by atoms with Gasteiger partial charge in [-0.25, -0.2) is 4.79 Å². The second-order valence-electron chi connectivity index (χ2n) is 11.4.